The Morgan fingerprint density at radius 2 is 1.75 bits per heavy atom. The van der Waals surface area contributed by atoms with E-state index in [1.54, 1.807) is 0 Å². The molecule has 4 heteroatoms. The van der Waals surface area contributed by atoms with Gasteiger partial charge < -0.3 is 10.3 Å². The Kier molecular flexibility index (Phi) is 7.51. The van der Waals surface area contributed by atoms with Gasteiger partial charge in [0, 0.05) is 28.5 Å². The van der Waals surface area contributed by atoms with Crippen molar-refractivity contribution in [2.24, 2.45) is 5.73 Å². The second kappa shape index (κ2) is 9.95. The van der Waals surface area contributed by atoms with Crippen LogP contribution < -0.4 is 5.73 Å². The van der Waals surface area contributed by atoms with E-state index in [-0.39, 0.29) is 11.3 Å². The molecule has 2 aromatic carbocycles. The second-order valence-corrected chi connectivity index (χ2v) is 10.1. The molecule has 1 heterocycles. The summed E-state index contributed by atoms with van der Waals surface area (Å²) >= 11 is 6.24. The third kappa shape index (κ3) is 5.27. The minimum absolute atomic E-state index is 0.0728. The predicted molar refractivity (Wildman–Crippen MR) is 136 cm³/mol. The molecular formula is C28H35ClN2O. The largest absolute Gasteiger partial charge is 0.366 e. The minimum atomic E-state index is -0.376. The van der Waals surface area contributed by atoms with Gasteiger partial charge in [0.25, 0.3) is 5.91 Å². The number of nitrogens with two attached hydrogens (primary N) is 1. The molecule has 1 aromatic heterocycles. The third-order valence-electron chi connectivity index (χ3n) is 6.16. The van der Waals surface area contributed by atoms with E-state index in [9.17, 15) is 4.79 Å². The van der Waals surface area contributed by atoms with Crippen molar-refractivity contribution < 1.29 is 4.79 Å². The maximum absolute atomic E-state index is 12.6. The topological polar surface area (TPSA) is 48.0 Å². The zero-order valence-corrected chi connectivity index (χ0v) is 20.7. The fourth-order valence-corrected chi connectivity index (χ4v) is 4.59. The van der Waals surface area contributed by atoms with E-state index in [0.29, 0.717) is 17.1 Å². The predicted octanol–water partition coefficient (Wildman–Crippen LogP) is 7.29. The van der Waals surface area contributed by atoms with Crippen LogP contribution in [0.25, 0.3) is 11.1 Å². The number of halogens is 1. The number of hydrogen-bond donors (Lipinski definition) is 1. The maximum atomic E-state index is 12.6. The average molecular weight is 451 g/mol. The van der Waals surface area contributed by atoms with Crippen LogP contribution in [0.5, 0.6) is 0 Å². The minimum Gasteiger partial charge on any atom is -0.366 e. The Hall–Kier alpha value is -2.52. The van der Waals surface area contributed by atoms with E-state index in [2.05, 4.69) is 62.6 Å². The van der Waals surface area contributed by atoms with Crippen LogP contribution in [0, 0.1) is 6.92 Å². The Balaban J connectivity index is 2.18. The standard InChI is InChI=1S/C28H35ClN2O/c1-6-7-8-12-24-26(21-13-15-22(16-14-21)28(3,4)5)25(27(30)32)19(2)31(24)18-20-10-9-11-23(29)17-20/h9-11,13-17H,6-8,12,18H2,1-5H3,(H2,30,32). The molecule has 0 atom stereocenters. The first-order valence-corrected chi connectivity index (χ1v) is 11.9. The molecule has 0 saturated heterocycles. The van der Waals surface area contributed by atoms with Crippen molar-refractivity contribution >= 4 is 17.5 Å². The summed E-state index contributed by atoms with van der Waals surface area (Å²) in [5.74, 6) is -0.376. The fourth-order valence-electron chi connectivity index (χ4n) is 4.38. The molecular weight excluding hydrogens is 416 g/mol. The molecule has 3 aromatic rings. The highest BCUT2D eigenvalue weighted by molar-refractivity contribution is 6.30. The molecule has 0 radical (unpaired) electrons. The summed E-state index contributed by atoms with van der Waals surface area (Å²) in [6.45, 7) is 11.5. The van der Waals surface area contributed by atoms with Crippen molar-refractivity contribution in [2.75, 3.05) is 0 Å². The van der Waals surface area contributed by atoms with Crippen LogP contribution in [0.4, 0.5) is 0 Å². The first kappa shape index (κ1) is 24.1. The Morgan fingerprint density at radius 3 is 2.31 bits per heavy atom. The number of amides is 1. The van der Waals surface area contributed by atoms with Crippen LogP contribution in [0.2, 0.25) is 5.02 Å². The van der Waals surface area contributed by atoms with Crippen LogP contribution in [0.3, 0.4) is 0 Å². The van der Waals surface area contributed by atoms with Crippen molar-refractivity contribution in [3.8, 4) is 11.1 Å². The highest BCUT2D eigenvalue weighted by atomic mass is 35.5. The van der Waals surface area contributed by atoms with E-state index < -0.39 is 0 Å². The van der Waals surface area contributed by atoms with E-state index in [1.807, 2.05) is 25.1 Å². The first-order chi connectivity index (χ1) is 15.1. The summed E-state index contributed by atoms with van der Waals surface area (Å²) in [7, 11) is 0. The van der Waals surface area contributed by atoms with Gasteiger partial charge >= 0.3 is 0 Å². The number of benzene rings is 2. The van der Waals surface area contributed by atoms with Gasteiger partial charge in [-0.05, 0) is 54.0 Å². The molecule has 3 nitrogen and oxygen atoms in total. The number of unbranched alkanes of at least 4 members (excludes halogenated alkanes) is 2. The van der Waals surface area contributed by atoms with Crippen LogP contribution in [-0.4, -0.2) is 10.5 Å². The van der Waals surface area contributed by atoms with Gasteiger partial charge in [0.1, 0.15) is 0 Å². The van der Waals surface area contributed by atoms with Gasteiger partial charge in [0.2, 0.25) is 0 Å². The lowest BCUT2D eigenvalue weighted by Crippen LogP contribution is -2.14. The first-order valence-electron chi connectivity index (χ1n) is 11.5. The smallest absolute Gasteiger partial charge is 0.251 e. The van der Waals surface area contributed by atoms with Gasteiger partial charge in [0.15, 0.2) is 0 Å². The normalized spacial score (nSPS) is 11.7. The number of carbonyl (C=O) groups is 1. The average Bonchev–Trinajstić information content (AvgIpc) is 3.00. The quantitative estimate of drug-likeness (QED) is 0.359. The van der Waals surface area contributed by atoms with Crippen molar-refractivity contribution in [1.29, 1.82) is 0 Å². The van der Waals surface area contributed by atoms with Gasteiger partial charge in [-0.3, -0.25) is 4.79 Å². The van der Waals surface area contributed by atoms with Crippen LogP contribution in [0.15, 0.2) is 48.5 Å². The van der Waals surface area contributed by atoms with E-state index in [1.165, 1.54) is 11.3 Å². The Labute approximate surface area is 197 Å². The SMILES string of the molecule is CCCCCc1c(-c2ccc(C(C)(C)C)cc2)c(C(N)=O)c(C)n1Cc1cccc(Cl)c1. The Bertz CT molecular complexity index is 1090. The van der Waals surface area contributed by atoms with Crippen molar-refractivity contribution in [3.63, 3.8) is 0 Å². The molecule has 170 valence electrons. The molecule has 0 saturated carbocycles. The van der Waals surface area contributed by atoms with Crippen molar-refractivity contribution in [2.45, 2.75) is 72.3 Å². The molecule has 0 fully saturated rings. The molecule has 3 rings (SSSR count). The Morgan fingerprint density at radius 1 is 1.06 bits per heavy atom. The molecule has 2 N–H and O–H groups in total. The molecule has 0 spiro atoms. The lowest BCUT2D eigenvalue weighted by molar-refractivity contribution is 0.1000. The van der Waals surface area contributed by atoms with Crippen LogP contribution in [-0.2, 0) is 18.4 Å². The van der Waals surface area contributed by atoms with E-state index >= 15 is 0 Å². The summed E-state index contributed by atoms with van der Waals surface area (Å²) in [5.41, 5.74) is 13.1. The zero-order chi connectivity index (χ0) is 23.5. The zero-order valence-electron chi connectivity index (χ0n) is 20.0. The molecule has 0 aliphatic rings. The lowest BCUT2D eigenvalue weighted by atomic mass is 9.86. The van der Waals surface area contributed by atoms with Crippen LogP contribution in [0.1, 0.15) is 79.8 Å². The highest BCUT2D eigenvalue weighted by Gasteiger charge is 2.25. The van der Waals surface area contributed by atoms with Gasteiger partial charge in [0.05, 0.1) is 5.56 Å². The van der Waals surface area contributed by atoms with Gasteiger partial charge in [-0.2, -0.15) is 0 Å². The highest BCUT2D eigenvalue weighted by Crippen LogP contribution is 2.36. The number of primary amides is 1. The van der Waals surface area contributed by atoms with E-state index in [4.69, 9.17) is 17.3 Å². The summed E-state index contributed by atoms with van der Waals surface area (Å²) in [6, 6.07) is 16.5. The number of carbonyl (C=O) groups excluding carboxylic acids is 1. The van der Waals surface area contributed by atoms with Crippen molar-refractivity contribution in [3.05, 3.63) is 81.6 Å². The molecule has 0 unspecified atom stereocenters. The summed E-state index contributed by atoms with van der Waals surface area (Å²) < 4.78 is 2.26. The third-order valence-corrected chi connectivity index (χ3v) is 6.40. The molecule has 0 aliphatic heterocycles. The van der Waals surface area contributed by atoms with Crippen LogP contribution >= 0.6 is 11.6 Å². The monoisotopic (exact) mass is 450 g/mol. The van der Waals surface area contributed by atoms with Crippen molar-refractivity contribution in [1.82, 2.24) is 4.57 Å². The number of hydrogen-bond acceptors (Lipinski definition) is 1. The lowest BCUT2D eigenvalue weighted by Gasteiger charge is -2.19. The number of nitrogens with zero attached hydrogens (tertiary/aromatic N) is 1. The van der Waals surface area contributed by atoms with Gasteiger partial charge in [-0.15, -0.1) is 0 Å². The fraction of sp³-hybridized carbons (Fsp3) is 0.393. The number of rotatable bonds is 8. The molecule has 0 bridgehead atoms. The molecule has 0 aliphatic carbocycles. The maximum Gasteiger partial charge on any atom is 0.251 e. The number of aromatic nitrogens is 1. The summed E-state index contributed by atoms with van der Waals surface area (Å²) in [5, 5.41) is 0.716. The van der Waals surface area contributed by atoms with Gasteiger partial charge in [-0.25, -0.2) is 0 Å². The van der Waals surface area contributed by atoms with Gasteiger partial charge in [-0.1, -0.05) is 88.5 Å². The molecule has 1 amide bonds. The van der Waals surface area contributed by atoms with E-state index in [0.717, 1.165) is 48.1 Å². The summed E-state index contributed by atoms with van der Waals surface area (Å²) in [6.07, 6.45) is 4.27. The summed E-state index contributed by atoms with van der Waals surface area (Å²) in [4.78, 5) is 12.6. The molecule has 32 heavy (non-hydrogen) atoms. The second-order valence-electron chi connectivity index (χ2n) is 9.65.